The van der Waals surface area contributed by atoms with Crippen LogP contribution in [0.25, 0.3) is 0 Å². The average molecular weight is 221 g/mol. The smallest absolute Gasteiger partial charge is 0.333 e. The molecule has 0 bridgehead atoms. The number of aliphatic carboxylic acids is 1. The molecule has 4 nitrogen and oxygen atoms in total. The largest absolute Gasteiger partial charge is 0.479 e. The molecular weight excluding hydrogens is 206 g/mol. The standard InChI is InChI=1S/C12H15NO3/c1-8-3-6-13-7-9(8)12(4-5-12)10(16-2)11(14)15/h3,6-7,10H,4-5H2,1-2H3,(H,14,15). The Kier molecular flexibility index (Phi) is 2.68. The lowest BCUT2D eigenvalue weighted by atomic mass is 9.88. The van der Waals surface area contributed by atoms with Gasteiger partial charge in [0.05, 0.1) is 0 Å². The maximum Gasteiger partial charge on any atom is 0.333 e. The molecule has 16 heavy (non-hydrogen) atoms. The number of nitrogens with zero attached hydrogens (tertiary/aromatic N) is 1. The van der Waals surface area contributed by atoms with Crippen molar-refractivity contribution >= 4 is 5.97 Å². The highest BCUT2D eigenvalue weighted by Crippen LogP contribution is 2.52. The second-order valence-electron chi connectivity index (χ2n) is 4.30. The van der Waals surface area contributed by atoms with Crippen molar-refractivity contribution in [2.75, 3.05) is 7.11 Å². The summed E-state index contributed by atoms with van der Waals surface area (Å²) in [6, 6.07) is 1.91. The molecule has 2 rings (SSSR count). The van der Waals surface area contributed by atoms with E-state index in [4.69, 9.17) is 9.84 Å². The van der Waals surface area contributed by atoms with Crippen molar-refractivity contribution in [3.63, 3.8) is 0 Å². The number of pyridine rings is 1. The number of methoxy groups -OCH3 is 1. The SMILES string of the molecule is COC(C(=O)O)C1(c2cnccc2C)CC1. The zero-order valence-corrected chi connectivity index (χ0v) is 9.43. The highest BCUT2D eigenvalue weighted by Gasteiger charge is 2.55. The summed E-state index contributed by atoms with van der Waals surface area (Å²) in [6.07, 6.45) is 4.42. The van der Waals surface area contributed by atoms with Crippen LogP contribution < -0.4 is 0 Å². The fourth-order valence-corrected chi connectivity index (χ4v) is 2.36. The number of carbonyl (C=O) groups is 1. The van der Waals surface area contributed by atoms with Gasteiger partial charge in [-0.3, -0.25) is 4.98 Å². The van der Waals surface area contributed by atoms with Gasteiger partial charge in [-0.05, 0) is 37.0 Å². The second-order valence-corrected chi connectivity index (χ2v) is 4.30. The number of aryl methyl sites for hydroxylation is 1. The Labute approximate surface area is 94.3 Å². The topological polar surface area (TPSA) is 59.4 Å². The van der Waals surface area contributed by atoms with Crippen LogP contribution in [0.15, 0.2) is 18.5 Å². The van der Waals surface area contributed by atoms with Gasteiger partial charge in [-0.25, -0.2) is 4.79 Å². The van der Waals surface area contributed by atoms with Gasteiger partial charge >= 0.3 is 5.97 Å². The lowest BCUT2D eigenvalue weighted by Crippen LogP contribution is -2.36. The lowest BCUT2D eigenvalue weighted by Gasteiger charge is -2.23. The summed E-state index contributed by atoms with van der Waals surface area (Å²) in [7, 11) is 1.45. The predicted molar refractivity (Wildman–Crippen MR) is 58.3 cm³/mol. The Bertz CT molecular complexity index is 412. The summed E-state index contributed by atoms with van der Waals surface area (Å²) >= 11 is 0. The molecule has 4 heteroatoms. The summed E-state index contributed by atoms with van der Waals surface area (Å²) in [5.41, 5.74) is 1.72. The van der Waals surface area contributed by atoms with Gasteiger partial charge in [-0.1, -0.05) is 0 Å². The molecule has 0 aromatic carbocycles. The highest BCUT2D eigenvalue weighted by molar-refractivity contribution is 5.76. The van der Waals surface area contributed by atoms with Crippen molar-refractivity contribution in [1.82, 2.24) is 4.98 Å². The Morgan fingerprint density at radius 2 is 2.31 bits per heavy atom. The van der Waals surface area contributed by atoms with Gasteiger partial charge in [0.15, 0.2) is 6.10 Å². The van der Waals surface area contributed by atoms with Crippen LogP contribution in [0.2, 0.25) is 0 Å². The van der Waals surface area contributed by atoms with E-state index >= 15 is 0 Å². The predicted octanol–water partition coefficient (Wildman–Crippen LogP) is 1.52. The number of rotatable bonds is 4. The van der Waals surface area contributed by atoms with Gasteiger partial charge in [0, 0.05) is 24.9 Å². The molecule has 86 valence electrons. The second kappa shape index (κ2) is 3.87. The molecule has 0 spiro atoms. The van der Waals surface area contributed by atoms with Gasteiger partial charge in [-0.15, -0.1) is 0 Å². The molecule has 1 aromatic heterocycles. The summed E-state index contributed by atoms with van der Waals surface area (Å²) in [6.45, 7) is 1.98. The summed E-state index contributed by atoms with van der Waals surface area (Å²) in [5.74, 6) is -0.900. The molecule has 0 saturated heterocycles. The van der Waals surface area contributed by atoms with E-state index in [2.05, 4.69) is 4.98 Å². The summed E-state index contributed by atoms with van der Waals surface area (Å²) in [4.78, 5) is 15.2. The minimum atomic E-state index is -0.900. The molecule has 1 heterocycles. The van der Waals surface area contributed by atoms with E-state index in [0.29, 0.717) is 0 Å². The van der Waals surface area contributed by atoms with Crippen LogP contribution in [0.5, 0.6) is 0 Å². The minimum absolute atomic E-state index is 0.362. The van der Waals surface area contributed by atoms with Gasteiger partial charge < -0.3 is 9.84 Å². The molecule has 0 aliphatic heterocycles. The quantitative estimate of drug-likeness (QED) is 0.837. The first-order valence-electron chi connectivity index (χ1n) is 5.28. The third-order valence-electron chi connectivity index (χ3n) is 3.33. The van der Waals surface area contributed by atoms with Crippen molar-refractivity contribution in [3.05, 3.63) is 29.6 Å². The molecule has 1 saturated carbocycles. The van der Waals surface area contributed by atoms with E-state index in [0.717, 1.165) is 24.0 Å². The van der Waals surface area contributed by atoms with E-state index in [1.54, 1.807) is 12.4 Å². The number of hydrogen-bond donors (Lipinski definition) is 1. The monoisotopic (exact) mass is 221 g/mol. The molecule has 1 aliphatic carbocycles. The molecule has 1 atom stereocenters. The van der Waals surface area contributed by atoms with E-state index in [1.165, 1.54) is 7.11 Å². The third kappa shape index (κ3) is 1.59. The van der Waals surface area contributed by atoms with E-state index in [9.17, 15) is 4.79 Å². The van der Waals surface area contributed by atoms with E-state index in [-0.39, 0.29) is 5.41 Å². The molecule has 1 unspecified atom stereocenters. The van der Waals surface area contributed by atoms with Crippen LogP contribution in [0.3, 0.4) is 0 Å². The van der Waals surface area contributed by atoms with Crippen LogP contribution in [0.1, 0.15) is 24.0 Å². The van der Waals surface area contributed by atoms with Gasteiger partial charge in [0.1, 0.15) is 0 Å². The highest BCUT2D eigenvalue weighted by atomic mass is 16.5. The van der Waals surface area contributed by atoms with Crippen molar-refractivity contribution < 1.29 is 14.6 Å². The molecule has 1 aliphatic rings. The number of hydrogen-bond acceptors (Lipinski definition) is 3. The van der Waals surface area contributed by atoms with Crippen LogP contribution in [0, 0.1) is 6.92 Å². The Hall–Kier alpha value is -1.42. The first-order valence-corrected chi connectivity index (χ1v) is 5.28. The van der Waals surface area contributed by atoms with Crippen molar-refractivity contribution in [1.29, 1.82) is 0 Å². The molecule has 0 amide bonds. The van der Waals surface area contributed by atoms with Gasteiger partial charge in [-0.2, -0.15) is 0 Å². The fraction of sp³-hybridized carbons (Fsp3) is 0.500. The number of carboxylic acid groups (broad SMARTS) is 1. The van der Waals surface area contributed by atoms with Crippen LogP contribution >= 0.6 is 0 Å². The first kappa shape index (κ1) is 11.1. The zero-order valence-electron chi connectivity index (χ0n) is 9.43. The third-order valence-corrected chi connectivity index (χ3v) is 3.33. The summed E-state index contributed by atoms with van der Waals surface area (Å²) in [5, 5.41) is 9.16. The fourth-order valence-electron chi connectivity index (χ4n) is 2.36. The molecular formula is C12H15NO3. The maximum absolute atomic E-state index is 11.2. The van der Waals surface area contributed by atoms with Gasteiger partial charge in [0.2, 0.25) is 0 Å². The van der Waals surface area contributed by atoms with Crippen LogP contribution in [-0.4, -0.2) is 29.3 Å². The van der Waals surface area contributed by atoms with Gasteiger partial charge in [0.25, 0.3) is 0 Å². The normalized spacial score (nSPS) is 19.1. The summed E-state index contributed by atoms with van der Waals surface area (Å²) < 4.78 is 5.12. The number of ether oxygens (including phenoxy) is 1. The van der Waals surface area contributed by atoms with E-state index < -0.39 is 12.1 Å². The number of carboxylic acids is 1. The first-order chi connectivity index (χ1) is 7.62. The molecule has 0 radical (unpaired) electrons. The number of aromatic nitrogens is 1. The average Bonchev–Trinajstić information content (AvgIpc) is 3.00. The lowest BCUT2D eigenvalue weighted by molar-refractivity contribution is -0.150. The zero-order chi connectivity index (χ0) is 11.8. The van der Waals surface area contributed by atoms with Crippen molar-refractivity contribution in [2.24, 2.45) is 0 Å². The Morgan fingerprint density at radius 1 is 1.62 bits per heavy atom. The molecule has 1 fully saturated rings. The van der Waals surface area contributed by atoms with Crippen molar-refractivity contribution in [3.8, 4) is 0 Å². The van der Waals surface area contributed by atoms with Crippen LogP contribution in [-0.2, 0) is 14.9 Å². The maximum atomic E-state index is 11.2. The Balaban J connectivity index is 2.39. The molecule has 1 aromatic rings. The van der Waals surface area contributed by atoms with Crippen LogP contribution in [0.4, 0.5) is 0 Å². The Morgan fingerprint density at radius 3 is 2.75 bits per heavy atom. The minimum Gasteiger partial charge on any atom is -0.479 e. The molecule has 1 N–H and O–H groups in total. The van der Waals surface area contributed by atoms with Crippen molar-refractivity contribution in [2.45, 2.75) is 31.3 Å². The van der Waals surface area contributed by atoms with E-state index in [1.807, 2.05) is 13.0 Å².